The molecule has 4 rings (SSSR count). The molecule has 3 heteroatoms. The summed E-state index contributed by atoms with van der Waals surface area (Å²) in [6.45, 7) is 8.59. The van der Waals surface area contributed by atoms with Gasteiger partial charge in [0.25, 0.3) is 0 Å². The van der Waals surface area contributed by atoms with Gasteiger partial charge in [0, 0.05) is 6.92 Å². The first-order chi connectivity index (χ1) is 11.6. The molecule has 0 amide bonds. The number of nitrogens with zero attached hydrogens (tertiary/aromatic N) is 2. The molecule has 0 fully saturated rings. The van der Waals surface area contributed by atoms with E-state index in [-0.39, 0.29) is 0 Å². The zero-order chi connectivity index (χ0) is 16.8. The molecule has 0 bridgehead atoms. The fourth-order valence-corrected chi connectivity index (χ4v) is 3.58. The molecule has 0 aliphatic heterocycles. The molecule has 24 heavy (non-hydrogen) atoms. The Morgan fingerprint density at radius 2 is 1.50 bits per heavy atom. The minimum Gasteiger partial charge on any atom is -0.424 e. The van der Waals surface area contributed by atoms with E-state index in [2.05, 4.69) is 79.1 Å². The molecule has 0 saturated carbocycles. The second kappa shape index (κ2) is 5.38. The molecule has 2 heterocycles. The van der Waals surface area contributed by atoms with Gasteiger partial charge in [0.1, 0.15) is 18.1 Å². The Hall–Kier alpha value is -2.81. The number of para-hydroxylation sites is 1. The van der Waals surface area contributed by atoms with E-state index < -0.39 is 0 Å². The highest BCUT2D eigenvalue weighted by molar-refractivity contribution is 5.67. The third-order valence-electron chi connectivity index (χ3n) is 4.75. The fraction of sp³-hybridized carbons (Fsp3) is 0.190. The van der Waals surface area contributed by atoms with Gasteiger partial charge >= 0.3 is 11.5 Å². The Morgan fingerprint density at radius 1 is 0.833 bits per heavy atom. The summed E-state index contributed by atoms with van der Waals surface area (Å²) >= 11 is 0. The standard InChI is InChI=1S/C21H21N2O/c1-14-8-5-6-11-18(14)23-17(4)21-22(12-13-24-21)20(23)19-15(2)9-7-10-16(19)3/h5-13H,1-4H3/q+1. The van der Waals surface area contributed by atoms with Crippen molar-refractivity contribution in [2.24, 2.45) is 0 Å². The van der Waals surface area contributed by atoms with E-state index in [0.29, 0.717) is 0 Å². The maximum Gasteiger partial charge on any atom is 0.338 e. The number of hydrogen-bond acceptors (Lipinski definition) is 1. The summed E-state index contributed by atoms with van der Waals surface area (Å²) < 4.78 is 10.2. The molecule has 120 valence electrons. The molecule has 0 unspecified atom stereocenters. The molecule has 3 nitrogen and oxygen atoms in total. The Balaban J connectivity index is 2.18. The molecule has 0 radical (unpaired) electrons. The van der Waals surface area contributed by atoms with E-state index in [1.807, 2.05) is 6.20 Å². The number of imidazole rings is 1. The average Bonchev–Trinajstić information content (AvgIpc) is 3.12. The maximum atomic E-state index is 5.77. The van der Waals surface area contributed by atoms with Gasteiger partial charge in [-0.25, -0.2) is 0 Å². The van der Waals surface area contributed by atoms with Crippen LogP contribution in [-0.4, -0.2) is 4.57 Å². The van der Waals surface area contributed by atoms with Crippen molar-refractivity contribution in [1.29, 1.82) is 0 Å². The van der Waals surface area contributed by atoms with Gasteiger partial charge < -0.3 is 4.42 Å². The Labute approximate surface area is 141 Å². The Bertz CT molecular complexity index is 1030. The van der Waals surface area contributed by atoms with Crippen molar-refractivity contribution in [3.63, 3.8) is 0 Å². The third kappa shape index (κ3) is 2.01. The Kier molecular flexibility index (Phi) is 3.31. The van der Waals surface area contributed by atoms with E-state index in [1.54, 1.807) is 6.26 Å². The van der Waals surface area contributed by atoms with Crippen LogP contribution >= 0.6 is 0 Å². The molecule has 4 aromatic rings. The van der Waals surface area contributed by atoms with Crippen molar-refractivity contribution >= 4 is 5.71 Å². The third-order valence-corrected chi connectivity index (χ3v) is 4.75. The van der Waals surface area contributed by atoms with Gasteiger partial charge in [0.05, 0.1) is 5.56 Å². The maximum absolute atomic E-state index is 5.77. The number of oxazole rings is 1. The van der Waals surface area contributed by atoms with Gasteiger partial charge in [0.15, 0.2) is 5.69 Å². The molecular weight excluding hydrogens is 296 g/mol. The van der Waals surface area contributed by atoms with Crippen molar-refractivity contribution in [1.82, 2.24) is 4.57 Å². The summed E-state index contributed by atoms with van der Waals surface area (Å²) in [5.41, 5.74) is 8.20. The van der Waals surface area contributed by atoms with E-state index in [4.69, 9.17) is 4.42 Å². The minimum absolute atomic E-state index is 0.885. The summed E-state index contributed by atoms with van der Waals surface area (Å²) in [6, 6.07) is 14.9. The first kappa shape index (κ1) is 14.8. The van der Waals surface area contributed by atoms with E-state index in [9.17, 15) is 0 Å². The first-order valence-corrected chi connectivity index (χ1v) is 8.22. The number of aryl methyl sites for hydroxylation is 4. The van der Waals surface area contributed by atoms with Gasteiger partial charge in [-0.15, -0.1) is 0 Å². The van der Waals surface area contributed by atoms with Gasteiger partial charge in [0.2, 0.25) is 0 Å². The predicted molar refractivity (Wildman–Crippen MR) is 95.6 cm³/mol. The molecule has 0 aliphatic carbocycles. The van der Waals surface area contributed by atoms with Crippen molar-refractivity contribution in [2.45, 2.75) is 27.7 Å². The SMILES string of the molecule is Cc1ccccc1-n1c(C)c2occ[n+]2c1-c1c(C)cccc1C. The molecule has 0 spiro atoms. The highest BCUT2D eigenvalue weighted by Gasteiger charge is 2.30. The monoisotopic (exact) mass is 317 g/mol. The second-order valence-electron chi connectivity index (χ2n) is 6.38. The van der Waals surface area contributed by atoms with Crippen LogP contribution in [0.2, 0.25) is 0 Å². The average molecular weight is 317 g/mol. The van der Waals surface area contributed by atoms with Crippen molar-refractivity contribution in [2.75, 3.05) is 0 Å². The first-order valence-electron chi connectivity index (χ1n) is 8.22. The number of benzene rings is 2. The lowest BCUT2D eigenvalue weighted by Gasteiger charge is -2.09. The van der Waals surface area contributed by atoms with E-state index in [1.165, 1.54) is 27.9 Å². The Morgan fingerprint density at radius 3 is 2.21 bits per heavy atom. The van der Waals surface area contributed by atoms with Gasteiger partial charge in [-0.1, -0.05) is 36.4 Å². The normalized spacial score (nSPS) is 11.3. The lowest BCUT2D eigenvalue weighted by molar-refractivity contribution is -0.500. The molecule has 0 atom stereocenters. The number of aromatic nitrogens is 2. The van der Waals surface area contributed by atoms with Crippen LogP contribution in [0.4, 0.5) is 0 Å². The van der Waals surface area contributed by atoms with Gasteiger partial charge in [-0.2, -0.15) is 8.97 Å². The topological polar surface area (TPSA) is 22.2 Å². The highest BCUT2D eigenvalue weighted by atomic mass is 16.3. The fourth-order valence-electron chi connectivity index (χ4n) is 3.58. The number of hydrogen-bond donors (Lipinski definition) is 0. The minimum atomic E-state index is 0.885. The van der Waals surface area contributed by atoms with Crippen molar-refractivity contribution in [3.05, 3.63) is 77.3 Å². The molecule has 2 aromatic heterocycles. The smallest absolute Gasteiger partial charge is 0.338 e. The summed E-state index contributed by atoms with van der Waals surface area (Å²) in [5, 5.41) is 0. The predicted octanol–water partition coefficient (Wildman–Crippen LogP) is 4.71. The molecule has 0 N–H and O–H groups in total. The quantitative estimate of drug-likeness (QED) is 0.491. The molecule has 0 aliphatic rings. The van der Waals surface area contributed by atoms with Crippen LogP contribution in [0.3, 0.4) is 0 Å². The van der Waals surface area contributed by atoms with Crippen molar-refractivity contribution in [3.8, 4) is 17.1 Å². The van der Waals surface area contributed by atoms with E-state index in [0.717, 1.165) is 17.2 Å². The zero-order valence-electron chi connectivity index (χ0n) is 14.5. The summed E-state index contributed by atoms with van der Waals surface area (Å²) in [7, 11) is 0. The molecule has 0 saturated heterocycles. The highest BCUT2D eigenvalue weighted by Crippen LogP contribution is 2.31. The van der Waals surface area contributed by atoms with Crippen LogP contribution in [0.15, 0.2) is 59.3 Å². The van der Waals surface area contributed by atoms with Gasteiger partial charge in [-0.05, 0) is 43.5 Å². The summed E-state index contributed by atoms with van der Waals surface area (Å²) in [6.07, 6.45) is 3.75. The second-order valence-corrected chi connectivity index (χ2v) is 6.38. The lowest BCUT2D eigenvalue weighted by Crippen LogP contribution is -2.21. The van der Waals surface area contributed by atoms with Crippen LogP contribution < -0.4 is 4.40 Å². The van der Waals surface area contributed by atoms with Crippen LogP contribution in [0, 0.1) is 27.7 Å². The number of fused-ring (bicyclic) bond motifs is 1. The number of rotatable bonds is 2. The van der Waals surface area contributed by atoms with Crippen LogP contribution in [0.1, 0.15) is 22.4 Å². The summed E-state index contributed by atoms with van der Waals surface area (Å²) in [4.78, 5) is 0. The summed E-state index contributed by atoms with van der Waals surface area (Å²) in [5.74, 6) is 1.14. The van der Waals surface area contributed by atoms with Gasteiger partial charge in [-0.3, -0.25) is 0 Å². The zero-order valence-corrected chi connectivity index (χ0v) is 14.5. The largest absolute Gasteiger partial charge is 0.424 e. The lowest BCUT2D eigenvalue weighted by atomic mass is 10.0. The van der Waals surface area contributed by atoms with Crippen LogP contribution in [-0.2, 0) is 0 Å². The molecule has 2 aromatic carbocycles. The van der Waals surface area contributed by atoms with Crippen molar-refractivity contribution < 1.29 is 8.82 Å². The van der Waals surface area contributed by atoms with E-state index >= 15 is 0 Å². The van der Waals surface area contributed by atoms with Crippen LogP contribution in [0.5, 0.6) is 0 Å². The molecular formula is C21H21N2O+. The van der Waals surface area contributed by atoms with Crippen LogP contribution in [0.25, 0.3) is 22.8 Å².